The minimum atomic E-state index is -1.34. The summed E-state index contributed by atoms with van der Waals surface area (Å²) in [6.45, 7) is 20.2. The van der Waals surface area contributed by atoms with Gasteiger partial charge in [0.15, 0.2) is 0 Å². The Labute approximate surface area is 327 Å². The first kappa shape index (κ1) is 38.1. The number of pyridine rings is 2. The number of aryl methyl sites for hydroxylation is 4. The van der Waals surface area contributed by atoms with Crippen LogP contribution in [0.4, 0.5) is 0 Å². The SMILES string of the molecule is CC(C)Cc1cc(-c2[c-]cccc2)ncc1[Si](C)(C)C.Cc1cccc(C)c1-n1c(-c2[c-]nc3oc4c(C)ccc(C)c4c3c2)nc2ccccc21.[Ir]. The molecule has 0 bridgehead atoms. The number of para-hydroxylation sites is 3. The summed E-state index contributed by atoms with van der Waals surface area (Å²) < 4.78 is 8.33. The maximum Gasteiger partial charge on any atom is 0.141 e. The third-order valence-electron chi connectivity index (χ3n) is 9.70. The van der Waals surface area contributed by atoms with Crippen molar-refractivity contribution in [3.8, 4) is 28.3 Å². The molecule has 4 heterocycles. The smallest absolute Gasteiger partial charge is 0.141 e. The molecule has 271 valence electrons. The minimum absolute atomic E-state index is 0. The van der Waals surface area contributed by atoms with Crippen molar-refractivity contribution < 1.29 is 24.5 Å². The average Bonchev–Trinajstić information content (AvgIpc) is 3.69. The zero-order valence-electron chi connectivity index (χ0n) is 32.1. The van der Waals surface area contributed by atoms with E-state index in [1.807, 2.05) is 24.3 Å². The summed E-state index contributed by atoms with van der Waals surface area (Å²) in [7, 11) is -1.34. The number of rotatable bonds is 6. The Bertz CT molecular complexity index is 2540. The normalized spacial score (nSPS) is 11.6. The molecule has 8 aromatic rings. The maximum absolute atomic E-state index is 6.10. The van der Waals surface area contributed by atoms with E-state index in [4.69, 9.17) is 9.40 Å². The molecule has 0 aliphatic heterocycles. The van der Waals surface area contributed by atoms with Gasteiger partial charge in [0, 0.05) is 37.4 Å². The van der Waals surface area contributed by atoms with Gasteiger partial charge in [-0.2, -0.15) is 0 Å². The number of hydrogen-bond donors (Lipinski definition) is 0. The van der Waals surface area contributed by atoms with Crippen molar-refractivity contribution in [3.63, 3.8) is 0 Å². The van der Waals surface area contributed by atoms with Crippen molar-refractivity contribution >= 4 is 46.4 Å². The predicted octanol–water partition coefficient (Wildman–Crippen LogP) is 11.3. The molecule has 0 spiro atoms. The molecule has 0 amide bonds. The van der Waals surface area contributed by atoms with Gasteiger partial charge >= 0.3 is 0 Å². The number of furan rings is 1. The third kappa shape index (κ3) is 7.57. The molecule has 8 rings (SSSR count). The Hall–Kier alpha value is -4.68. The largest absolute Gasteiger partial charge is 0.482 e. The number of imidazole rings is 1. The van der Waals surface area contributed by atoms with Crippen LogP contribution in [-0.4, -0.2) is 27.6 Å². The zero-order chi connectivity index (χ0) is 36.7. The fraction of sp³-hybridized carbons (Fsp3) is 0.239. The summed E-state index contributed by atoms with van der Waals surface area (Å²) in [6, 6.07) is 34.6. The predicted molar refractivity (Wildman–Crippen MR) is 219 cm³/mol. The fourth-order valence-corrected chi connectivity index (χ4v) is 8.79. The molecule has 0 aliphatic carbocycles. The van der Waals surface area contributed by atoms with Gasteiger partial charge in [0.2, 0.25) is 0 Å². The molecular weight excluding hydrogens is 845 g/mol. The third-order valence-corrected chi connectivity index (χ3v) is 11.8. The molecule has 5 nitrogen and oxygen atoms in total. The van der Waals surface area contributed by atoms with Gasteiger partial charge in [0.25, 0.3) is 0 Å². The van der Waals surface area contributed by atoms with Crippen molar-refractivity contribution in [1.29, 1.82) is 0 Å². The van der Waals surface area contributed by atoms with E-state index in [1.54, 1.807) is 0 Å². The molecule has 0 unspecified atom stereocenters. The second-order valence-corrected chi connectivity index (χ2v) is 20.4. The second kappa shape index (κ2) is 15.4. The molecule has 4 aromatic carbocycles. The van der Waals surface area contributed by atoms with Gasteiger partial charge in [0.1, 0.15) is 11.3 Å². The molecule has 4 aromatic heterocycles. The van der Waals surface area contributed by atoms with Crippen molar-refractivity contribution in [2.24, 2.45) is 5.92 Å². The second-order valence-electron chi connectivity index (χ2n) is 15.4. The van der Waals surface area contributed by atoms with Gasteiger partial charge < -0.3 is 19.0 Å². The van der Waals surface area contributed by atoms with Crippen molar-refractivity contribution in [2.75, 3.05) is 0 Å². The number of aromatic nitrogens is 4. The zero-order valence-corrected chi connectivity index (χ0v) is 35.4. The maximum atomic E-state index is 6.10. The van der Waals surface area contributed by atoms with Crippen LogP contribution in [0.15, 0.2) is 102 Å². The summed E-state index contributed by atoms with van der Waals surface area (Å²) in [6.07, 6.45) is 6.45. The minimum Gasteiger partial charge on any atom is -0.482 e. The van der Waals surface area contributed by atoms with E-state index in [-0.39, 0.29) is 20.1 Å². The number of nitrogens with zero attached hydrogens (tertiary/aromatic N) is 4. The summed E-state index contributed by atoms with van der Waals surface area (Å²) in [4.78, 5) is 14.3. The van der Waals surface area contributed by atoms with E-state index in [1.165, 1.54) is 27.4 Å². The van der Waals surface area contributed by atoms with Crippen molar-refractivity contribution in [3.05, 3.63) is 137 Å². The molecule has 0 atom stereocenters. The van der Waals surface area contributed by atoms with Gasteiger partial charge in [0.05, 0.1) is 24.9 Å². The van der Waals surface area contributed by atoms with E-state index >= 15 is 0 Å². The quantitative estimate of drug-likeness (QED) is 0.123. The Kier molecular flexibility index (Phi) is 11.0. The van der Waals surface area contributed by atoms with Crippen LogP contribution in [0.2, 0.25) is 19.6 Å². The van der Waals surface area contributed by atoms with Crippen LogP contribution in [0.1, 0.15) is 41.7 Å². The first-order valence-corrected chi connectivity index (χ1v) is 21.6. The van der Waals surface area contributed by atoms with E-state index in [2.05, 4.69) is 161 Å². The Morgan fingerprint density at radius 3 is 2.21 bits per heavy atom. The summed E-state index contributed by atoms with van der Waals surface area (Å²) in [5.74, 6) is 1.50. The molecular formula is C46H46IrN4OSi-2. The molecule has 1 radical (unpaired) electrons. The van der Waals surface area contributed by atoms with Gasteiger partial charge in [-0.3, -0.25) is 4.98 Å². The van der Waals surface area contributed by atoms with Crippen LogP contribution in [0.3, 0.4) is 0 Å². The summed E-state index contributed by atoms with van der Waals surface area (Å²) in [5, 5.41) is 3.60. The molecule has 0 N–H and O–H groups in total. The van der Waals surface area contributed by atoms with Gasteiger partial charge in [-0.05, 0) is 96.9 Å². The van der Waals surface area contributed by atoms with Crippen LogP contribution in [0.25, 0.3) is 61.4 Å². The molecule has 7 heteroatoms. The van der Waals surface area contributed by atoms with Crippen molar-refractivity contribution in [1.82, 2.24) is 19.5 Å². The Balaban J connectivity index is 0.000000199. The van der Waals surface area contributed by atoms with Crippen LogP contribution in [0.5, 0.6) is 0 Å². The Morgan fingerprint density at radius 1 is 0.792 bits per heavy atom. The first-order valence-electron chi connectivity index (χ1n) is 18.1. The van der Waals surface area contributed by atoms with E-state index < -0.39 is 8.07 Å². The monoisotopic (exact) mass is 891 g/mol. The number of benzene rings is 4. The van der Waals surface area contributed by atoms with E-state index in [9.17, 15) is 0 Å². The average molecular weight is 891 g/mol. The first-order chi connectivity index (χ1) is 24.9. The van der Waals surface area contributed by atoms with Gasteiger partial charge in [-0.1, -0.05) is 93.1 Å². The fourth-order valence-electron chi connectivity index (χ4n) is 7.20. The number of fused-ring (bicyclic) bond motifs is 4. The van der Waals surface area contributed by atoms with Gasteiger partial charge in [-0.15, -0.1) is 42.0 Å². The van der Waals surface area contributed by atoms with Crippen LogP contribution in [0, 0.1) is 45.9 Å². The standard InChI is InChI=1S/C28H22N3O.C18H24NSi.Ir/c1-16-12-13-19(4)26-24(16)21-14-20(15-29-28(21)32-26)27-30-22-10-5-6-11-23(22)31(27)25-17(2)8-7-9-18(25)3;1-14(2)11-16-12-17(15-9-7-6-8-10-15)19-13-18(16)20(3,4)5;/h5-14H,1-4H3;6-9,12-14H,11H2,1-5H3;/q2*-1;. The van der Waals surface area contributed by atoms with E-state index in [0.29, 0.717) is 11.6 Å². The molecule has 53 heavy (non-hydrogen) atoms. The van der Waals surface area contributed by atoms with Gasteiger partial charge in [-0.25, -0.2) is 0 Å². The van der Waals surface area contributed by atoms with Crippen LogP contribution < -0.4 is 5.19 Å². The molecule has 0 fully saturated rings. The summed E-state index contributed by atoms with van der Waals surface area (Å²) >= 11 is 0. The number of hydrogen-bond acceptors (Lipinski definition) is 4. The molecule has 0 aliphatic rings. The van der Waals surface area contributed by atoms with Crippen molar-refractivity contribution in [2.45, 2.75) is 67.6 Å². The summed E-state index contributed by atoms with van der Waals surface area (Å²) in [5.41, 5.74) is 13.8. The Morgan fingerprint density at radius 2 is 1.51 bits per heavy atom. The van der Waals surface area contributed by atoms with Crippen LogP contribution in [-0.2, 0) is 26.5 Å². The molecule has 0 saturated heterocycles. The molecule has 0 saturated carbocycles. The van der Waals surface area contributed by atoms with Crippen LogP contribution >= 0.6 is 0 Å². The topological polar surface area (TPSA) is 56.7 Å². The van der Waals surface area contributed by atoms with E-state index in [0.717, 1.165) is 67.7 Å².